The highest BCUT2D eigenvalue weighted by molar-refractivity contribution is 5.87. The number of likely N-dealkylation sites (N-methyl/N-ethyl adjacent to an activating group) is 1. The van der Waals surface area contributed by atoms with Crippen molar-refractivity contribution < 1.29 is 19.4 Å². The largest absolute Gasteiger partial charge is 0.496 e. The second-order valence-corrected chi connectivity index (χ2v) is 5.63. The van der Waals surface area contributed by atoms with Gasteiger partial charge in [-0.25, -0.2) is 0 Å². The van der Waals surface area contributed by atoms with Crippen LogP contribution in [0.4, 0.5) is 0 Å². The number of amides is 2. The number of carbonyl (C=O) groups excluding carboxylic acids is 2. The van der Waals surface area contributed by atoms with E-state index in [2.05, 4.69) is 10.6 Å². The van der Waals surface area contributed by atoms with Crippen molar-refractivity contribution in [3.05, 3.63) is 29.8 Å². The molecule has 0 aromatic heterocycles. The van der Waals surface area contributed by atoms with Gasteiger partial charge in [-0.2, -0.15) is 0 Å². The molecule has 1 aromatic carbocycles. The highest BCUT2D eigenvalue weighted by Gasteiger charge is 2.32. The number of aliphatic hydroxyl groups is 1. The van der Waals surface area contributed by atoms with Crippen LogP contribution in [0.5, 0.6) is 5.75 Å². The maximum Gasteiger partial charge on any atom is 0.242 e. The first-order chi connectivity index (χ1) is 10.8. The number of nitrogens with one attached hydrogen (secondary N) is 2. The SMILES string of the molecule is COc1ccccc1CNC(=O)C(C)(CO)NCC(=O)N(C)C. The van der Waals surface area contributed by atoms with Crippen molar-refractivity contribution >= 4 is 11.8 Å². The summed E-state index contributed by atoms with van der Waals surface area (Å²) in [7, 11) is 4.82. The first kappa shape index (κ1) is 18.9. The molecule has 0 spiro atoms. The topological polar surface area (TPSA) is 90.9 Å². The average Bonchev–Trinajstić information content (AvgIpc) is 2.57. The minimum absolute atomic E-state index is 0.0356. The predicted octanol–water partition coefficient (Wildman–Crippen LogP) is -0.260. The third-order valence-electron chi connectivity index (χ3n) is 3.58. The van der Waals surface area contributed by atoms with E-state index in [1.54, 1.807) is 34.2 Å². The lowest BCUT2D eigenvalue weighted by Gasteiger charge is -2.28. The quantitative estimate of drug-likeness (QED) is 0.613. The molecule has 3 N–H and O–H groups in total. The van der Waals surface area contributed by atoms with Crippen LogP contribution >= 0.6 is 0 Å². The van der Waals surface area contributed by atoms with Crippen LogP contribution in [0.2, 0.25) is 0 Å². The third kappa shape index (κ3) is 5.22. The van der Waals surface area contributed by atoms with E-state index in [-0.39, 0.29) is 19.0 Å². The molecule has 7 nitrogen and oxygen atoms in total. The fourth-order valence-electron chi connectivity index (χ4n) is 1.86. The number of aliphatic hydroxyl groups excluding tert-OH is 1. The van der Waals surface area contributed by atoms with Crippen molar-refractivity contribution in [2.75, 3.05) is 34.4 Å². The van der Waals surface area contributed by atoms with E-state index >= 15 is 0 Å². The molecule has 1 rings (SSSR count). The number of hydrogen-bond donors (Lipinski definition) is 3. The Hall–Kier alpha value is -2.12. The smallest absolute Gasteiger partial charge is 0.242 e. The molecule has 1 unspecified atom stereocenters. The van der Waals surface area contributed by atoms with E-state index in [4.69, 9.17) is 4.74 Å². The molecule has 0 fully saturated rings. The van der Waals surface area contributed by atoms with Gasteiger partial charge in [0.2, 0.25) is 11.8 Å². The van der Waals surface area contributed by atoms with Crippen molar-refractivity contribution in [3.8, 4) is 5.75 Å². The van der Waals surface area contributed by atoms with Crippen LogP contribution in [-0.2, 0) is 16.1 Å². The van der Waals surface area contributed by atoms with E-state index in [0.29, 0.717) is 5.75 Å². The number of rotatable bonds is 8. The monoisotopic (exact) mass is 323 g/mol. The summed E-state index contributed by atoms with van der Waals surface area (Å²) in [5.41, 5.74) is -0.416. The molecule has 2 amide bonds. The third-order valence-corrected chi connectivity index (χ3v) is 3.58. The van der Waals surface area contributed by atoms with Crippen LogP contribution in [-0.4, -0.2) is 61.7 Å². The zero-order valence-corrected chi connectivity index (χ0v) is 14.0. The standard InChI is InChI=1S/C16H25N3O4/c1-16(11-20,18-10-14(21)19(2)3)15(22)17-9-12-7-5-6-8-13(12)23-4/h5-8,18,20H,9-11H2,1-4H3,(H,17,22). The molecular formula is C16H25N3O4. The summed E-state index contributed by atoms with van der Waals surface area (Å²) < 4.78 is 5.23. The van der Waals surface area contributed by atoms with Crippen LogP contribution in [0, 0.1) is 0 Å². The highest BCUT2D eigenvalue weighted by Crippen LogP contribution is 2.17. The summed E-state index contributed by atoms with van der Waals surface area (Å²) in [5, 5.41) is 15.1. The molecule has 1 atom stereocenters. The Balaban J connectivity index is 2.67. The summed E-state index contributed by atoms with van der Waals surface area (Å²) in [5.74, 6) is 0.105. The summed E-state index contributed by atoms with van der Waals surface area (Å²) >= 11 is 0. The predicted molar refractivity (Wildman–Crippen MR) is 87.0 cm³/mol. The first-order valence-corrected chi connectivity index (χ1v) is 7.30. The van der Waals surface area contributed by atoms with Gasteiger partial charge in [0.05, 0.1) is 20.3 Å². The summed E-state index contributed by atoms with van der Waals surface area (Å²) in [6.07, 6.45) is 0. The number of methoxy groups -OCH3 is 1. The van der Waals surface area contributed by atoms with Crippen LogP contribution in [0.3, 0.4) is 0 Å². The molecule has 1 aromatic rings. The lowest BCUT2D eigenvalue weighted by Crippen LogP contribution is -2.59. The van der Waals surface area contributed by atoms with E-state index < -0.39 is 18.1 Å². The lowest BCUT2D eigenvalue weighted by molar-refractivity contribution is -0.131. The van der Waals surface area contributed by atoms with Crippen molar-refractivity contribution in [2.45, 2.75) is 19.0 Å². The van der Waals surface area contributed by atoms with Crippen LogP contribution in [0.15, 0.2) is 24.3 Å². The molecule has 7 heteroatoms. The zero-order valence-electron chi connectivity index (χ0n) is 14.0. The van der Waals surface area contributed by atoms with Crippen molar-refractivity contribution in [2.24, 2.45) is 0 Å². The minimum Gasteiger partial charge on any atom is -0.496 e. The van der Waals surface area contributed by atoms with Crippen LogP contribution < -0.4 is 15.4 Å². The second-order valence-electron chi connectivity index (χ2n) is 5.63. The van der Waals surface area contributed by atoms with E-state index in [0.717, 1.165) is 5.56 Å². The molecule has 0 heterocycles. The number of hydrogen-bond acceptors (Lipinski definition) is 5. The number of carbonyl (C=O) groups is 2. The second kappa shape index (κ2) is 8.50. The number of para-hydroxylation sites is 1. The zero-order chi connectivity index (χ0) is 17.5. The summed E-state index contributed by atoms with van der Waals surface area (Å²) in [6.45, 7) is 1.35. The van der Waals surface area contributed by atoms with Gasteiger partial charge in [-0.15, -0.1) is 0 Å². The van der Waals surface area contributed by atoms with Gasteiger partial charge in [0.25, 0.3) is 0 Å². The van der Waals surface area contributed by atoms with Crippen LogP contribution in [0.1, 0.15) is 12.5 Å². The van der Waals surface area contributed by atoms with Crippen LogP contribution in [0.25, 0.3) is 0 Å². The van der Waals surface area contributed by atoms with Gasteiger partial charge in [0.1, 0.15) is 11.3 Å². The summed E-state index contributed by atoms with van der Waals surface area (Å²) in [6, 6.07) is 7.35. The molecule has 0 bridgehead atoms. The Bertz CT molecular complexity index is 548. The number of ether oxygens (including phenoxy) is 1. The first-order valence-electron chi connectivity index (χ1n) is 7.30. The molecule has 0 aliphatic rings. The van der Waals surface area contributed by atoms with Gasteiger partial charge in [-0.05, 0) is 13.0 Å². The molecule has 0 saturated heterocycles. The molecule has 0 saturated carbocycles. The van der Waals surface area contributed by atoms with Gasteiger partial charge in [0.15, 0.2) is 0 Å². The van der Waals surface area contributed by atoms with E-state index in [9.17, 15) is 14.7 Å². The Kier molecular flexibility index (Phi) is 6.99. The van der Waals surface area contributed by atoms with Crippen molar-refractivity contribution in [1.29, 1.82) is 0 Å². The molecule has 0 radical (unpaired) electrons. The molecule has 0 aliphatic heterocycles. The normalized spacial score (nSPS) is 13.1. The summed E-state index contributed by atoms with van der Waals surface area (Å²) in [4.78, 5) is 25.4. The minimum atomic E-state index is -1.24. The Morgan fingerprint density at radius 3 is 2.52 bits per heavy atom. The number of nitrogens with zero attached hydrogens (tertiary/aromatic N) is 1. The van der Waals surface area contributed by atoms with Gasteiger partial charge in [-0.3, -0.25) is 14.9 Å². The Labute approximate surface area is 136 Å². The lowest BCUT2D eigenvalue weighted by atomic mass is 10.0. The maximum atomic E-state index is 12.4. The molecule has 0 aliphatic carbocycles. The molecule has 128 valence electrons. The van der Waals surface area contributed by atoms with Gasteiger partial charge < -0.3 is 20.1 Å². The fraction of sp³-hybridized carbons (Fsp3) is 0.500. The maximum absolute atomic E-state index is 12.4. The van der Waals surface area contributed by atoms with Gasteiger partial charge in [-0.1, -0.05) is 18.2 Å². The van der Waals surface area contributed by atoms with Crippen molar-refractivity contribution in [3.63, 3.8) is 0 Å². The van der Waals surface area contributed by atoms with E-state index in [1.807, 2.05) is 18.2 Å². The molecule has 23 heavy (non-hydrogen) atoms. The molecular weight excluding hydrogens is 298 g/mol. The average molecular weight is 323 g/mol. The Morgan fingerprint density at radius 1 is 1.30 bits per heavy atom. The van der Waals surface area contributed by atoms with Gasteiger partial charge >= 0.3 is 0 Å². The highest BCUT2D eigenvalue weighted by atomic mass is 16.5. The van der Waals surface area contributed by atoms with Crippen molar-refractivity contribution in [1.82, 2.24) is 15.5 Å². The van der Waals surface area contributed by atoms with E-state index in [1.165, 1.54) is 4.90 Å². The van der Waals surface area contributed by atoms with Gasteiger partial charge in [0, 0.05) is 26.2 Å². The Morgan fingerprint density at radius 2 is 1.96 bits per heavy atom. The number of benzene rings is 1. The fourth-order valence-corrected chi connectivity index (χ4v) is 1.86.